The van der Waals surface area contributed by atoms with E-state index >= 15 is 0 Å². The summed E-state index contributed by atoms with van der Waals surface area (Å²) < 4.78 is 0. The van der Waals surface area contributed by atoms with E-state index in [1.54, 1.807) is 4.90 Å². The van der Waals surface area contributed by atoms with Crippen molar-refractivity contribution >= 4 is 5.91 Å². The van der Waals surface area contributed by atoms with E-state index in [2.05, 4.69) is 19.2 Å². The van der Waals surface area contributed by atoms with Crippen LogP contribution in [0.4, 0.5) is 0 Å². The predicted octanol–water partition coefficient (Wildman–Crippen LogP) is 1.24. The van der Waals surface area contributed by atoms with Gasteiger partial charge < -0.3 is 10.2 Å². The first-order chi connectivity index (χ1) is 5.86. The fourth-order valence-corrected chi connectivity index (χ4v) is 1.02. The molecule has 1 unspecified atom stereocenters. The molecule has 0 heterocycles. The average Bonchev–Trinajstić information content (AvgIpc) is 2.14. The Bertz CT molecular complexity index is 178. The first-order valence-electron chi connectivity index (χ1n) is 4.83. The number of hydrogen-bond donors (Lipinski definition) is 1. The van der Waals surface area contributed by atoms with Gasteiger partial charge in [-0.25, -0.2) is 0 Å². The molecule has 1 atom stereocenters. The van der Waals surface area contributed by atoms with Crippen LogP contribution in [0.3, 0.4) is 0 Å². The molecule has 0 aliphatic rings. The van der Waals surface area contributed by atoms with Gasteiger partial charge in [-0.2, -0.15) is 0 Å². The molecule has 0 saturated heterocycles. The molecule has 0 fully saturated rings. The molecule has 0 aliphatic heterocycles. The van der Waals surface area contributed by atoms with Crippen molar-refractivity contribution in [2.24, 2.45) is 0 Å². The summed E-state index contributed by atoms with van der Waals surface area (Å²) in [5.74, 6) is 0.143. The topological polar surface area (TPSA) is 32.3 Å². The van der Waals surface area contributed by atoms with Gasteiger partial charge in [0.15, 0.2) is 0 Å². The zero-order valence-corrected chi connectivity index (χ0v) is 9.64. The lowest BCUT2D eigenvalue weighted by atomic mass is 10.0. The molecule has 0 rings (SSSR count). The van der Waals surface area contributed by atoms with Crippen molar-refractivity contribution in [2.75, 3.05) is 14.1 Å². The highest BCUT2D eigenvalue weighted by Crippen LogP contribution is 2.10. The van der Waals surface area contributed by atoms with Crippen molar-refractivity contribution in [2.45, 2.75) is 45.7 Å². The average molecular weight is 186 g/mol. The van der Waals surface area contributed by atoms with Gasteiger partial charge in [0, 0.05) is 13.1 Å². The SMILES string of the molecule is CCC(C)N(C)C(=O)C(C)(C)NC. The molecule has 0 bridgehead atoms. The van der Waals surface area contributed by atoms with Gasteiger partial charge in [-0.05, 0) is 34.2 Å². The summed E-state index contributed by atoms with van der Waals surface area (Å²) >= 11 is 0. The molecule has 0 aromatic heterocycles. The van der Waals surface area contributed by atoms with Crippen molar-refractivity contribution in [1.82, 2.24) is 10.2 Å². The van der Waals surface area contributed by atoms with Crippen LogP contribution >= 0.6 is 0 Å². The van der Waals surface area contributed by atoms with Gasteiger partial charge in [-0.15, -0.1) is 0 Å². The standard InChI is InChI=1S/C10H22N2O/c1-7-8(2)12(6)9(13)10(3,4)11-5/h8,11H,7H2,1-6H3. The second kappa shape index (κ2) is 4.61. The van der Waals surface area contributed by atoms with Gasteiger partial charge >= 0.3 is 0 Å². The van der Waals surface area contributed by atoms with Gasteiger partial charge in [0.25, 0.3) is 0 Å². The van der Waals surface area contributed by atoms with Crippen molar-refractivity contribution in [1.29, 1.82) is 0 Å². The van der Waals surface area contributed by atoms with Crippen molar-refractivity contribution in [3.8, 4) is 0 Å². The van der Waals surface area contributed by atoms with Gasteiger partial charge in [-0.1, -0.05) is 6.92 Å². The van der Waals surface area contributed by atoms with Crippen LogP contribution in [0.15, 0.2) is 0 Å². The van der Waals surface area contributed by atoms with Gasteiger partial charge in [0.05, 0.1) is 5.54 Å². The van der Waals surface area contributed by atoms with Crippen LogP contribution in [-0.2, 0) is 4.79 Å². The van der Waals surface area contributed by atoms with Crippen LogP contribution in [0.1, 0.15) is 34.1 Å². The smallest absolute Gasteiger partial charge is 0.242 e. The molecule has 0 spiro atoms. The van der Waals surface area contributed by atoms with Crippen molar-refractivity contribution in [3.05, 3.63) is 0 Å². The molecule has 0 aliphatic carbocycles. The van der Waals surface area contributed by atoms with Gasteiger partial charge in [0.1, 0.15) is 0 Å². The maximum atomic E-state index is 11.9. The quantitative estimate of drug-likeness (QED) is 0.716. The summed E-state index contributed by atoms with van der Waals surface area (Å²) in [6.07, 6.45) is 0.988. The number of carbonyl (C=O) groups is 1. The molecule has 1 amide bonds. The first-order valence-corrected chi connectivity index (χ1v) is 4.83. The minimum Gasteiger partial charge on any atom is -0.341 e. The van der Waals surface area contributed by atoms with Crippen molar-refractivity contribution < 1.29 is 4.79 Å². The van der Waals surface area contributed by atoms with E-state index in [0.717, 1.165) is 6.42 Å². The highest BCUT2D eigenvalue weighted by Gasteiger charge is 2.29. The maximum absolute atomic E-state index is 11.9. The second-order valence-electron chi connectivity index (χ2n) is 4.05. The number of hydrogen-bond acceptors (Lipinski definition) is 2. The molecule has 78 valence electrons. The maximum Gasteiger partial charge on any atom is 0.242 e. The minimum absolute atomic E-state index is 0.143. The lowest BCUT2D eigenvalue weighted by molar-refractivity contribution is -0.137. The summed E-state index contributed by atoms with van der Waals surface area (Å²) in [6, 6.07) is 0.306. The normalized spacial score (nSPS) is 14.0. The van der Waals surface area contributed by atoms with E-state index in [1.165, 1.54) is 0 Å². The Morgan fingerprint density at radius 2 is 2.00 bits per heavy atom. The molecule has 0 radical (unpaired) electrons. The Kier molecular flexibility index (Phi) is 4.40. The first kappa shape index (κ1) is 12.4. The van der Waals surface area contributed by atoms with Crippen LogP contribution < -0.4 is 5.32 Å². The van der Waals surface area contributed by atoms with Crippen LogP contribution in [-0.4, -0.2) is 36.5 Å². The van der Waals surface area contributed by atoms with Crippen LogP contribution in [0, 0.1) is 0 Å². The molecule has 3 nitrogen and oxygen atoms in total. The molecule has 3 heteroatoms. The Morgan fingerprint density at radius 3 is 2.31 bits per heavy atom. The fraction of sp³-hybridized carbons (Fsp3) is 0.900. The number of nitrogens with zero attached hydrogens (tertiary/aromatic N) is 1. The zero-order valence-electron chi connectivity index (χ0n) is 9.64. The molecule has 1 N–H and O–H groups in total. The lowest BCUT2D eigenvalue weighted by Crippen LogP contribution is -2.53. The van der Waals surface area contributed by atoms with E-state index in [1.807, 2.05) is 27.9 Å². The Hall–Kier alpha value is -0.570. The summed E-state index contributed by atoms with van der Waals surface area (Å²) in [5, 5.41) is 3.01. The summed E-state index contributed by atoms with van der Waals surface area (Å²) in [6.45, 7) is 7.94. The van der Waals surface area contributed by atoms with E-state index in [0.29, 0.717) is 6.04 Å². The Morgan fingerprint density at radius 1 is 1.54 bits per heavy atom. The minimum atomic E-state index is -0.460. The fourth-order valence-electron chi connectivity index (χ4n) is 1.02. The van der Waals surface area contributed by atoms with Gasteiger partial charge in [0.2, 0.25) is 5.91 Å². The molecule has 0 aromatic carbocycles. The molecule has 0 aromatic rings. The second-order valence-corrected chi connectivity index (χ2v) is 4.05. The van der Waals surface area contributed by atoms with Gasteiger partial charge in [-0.3, -0.25) is 4.79 Å². The zero-order chi connectivity index (χ0) is 10.6. The highest BCUT2D eigenvalue weighted by atomic mass is 16.2. The third-order valence-electron chi connectivity index (χ3n) is 2.73. The predicted molar refractivity (Wildman–Crippen MR) is 55.7 cm³/mol. The summed E-state index contributed by atoms with van der Waals surface area (Å²) in [7, 11) is 3.66. The number of carbonyl (C=O) groups excluding carboxylic acids is 1. The molecule has 13 heavy (non-hydrogen) atoms. The highest BCUT2D eigenvalue weighted by molar-refractivity contribution is 5.85. The van der Waals surface area contributed by atoms with E-state index < -0.39 is 5.54 Å². The van der Waals surface area contributed by atoms with E-state index in [4.69, 9.17) is 0 Å². The van der Waals surface area contributed by atoms with E-state index in [9.17, 15) is 4.79 Å². The molecular weight excluding hydrogens is 164 g/mol. The van der Waals surface area contributed by atoms with Crippen LogP contribution in [0.2, 0.25) is 0 Å². The summed E-state index contributed by atoms with van der Waals surface area (Å²) in [4.78, 5) is 13.7. The summed E-state index contributed by atoms with van der Waals surface area (Å²) in [5.41, 5.74) is -0.460. The Labute approximate surface area is 81.5 Å². The third kappa shape index (κ3) is 2.99. The number of likely N-dealkylation sites (N-methyl/N-ethyl adjacent to an activating group) is 2. The number of rotatable bonds is 4. The van der Waals surface area contributed by atoms with Crippen LogP contribution in [0.5, 0.6) is 0 Å². The van der Waals surface area contributed by atoms with E-state index in [-0.39, 0.29) is 5.91 Å². The molecule has 0 saturated carbocycles. The largest absolute Gasteiger partial charge is 0.341 e. The number of nitrogens with one attached hydrogen (secondary N) is 1. The Balaban J connectivity index is 4.42. The number of amides is 1. The lowest BCUT2D eigenvalue weighted by Gasteiger charge is -2.32. The van der Waals surface area contributed by atoms with Crippen LogP contribution in [0.25, 0.3) is 0 Å². The molecular formula is C10H22N2O. The third-order valence-corrected chi connectivity index (χ3v) is 2.73. The monoisotopic (exact) mass is 186 g/mol. The van der Waals surface area contributed by atoms with Crippen molar-refractivity contribution in [3.63, 3.8) is 0 Å².